The molecule has 0 aliphatic carbocycles. The predicted octanol–water partition coefficient (Wildman–Crippen LogP) is 3.98. The van der Waals surface area contributed by atoms with Crippen LogP contribution >= 0.6 is 11.6 Å². The first kappa shape index (κ1) is 16.4. The molecule has 1 aliphatic heterocycles. The second kappa shape index (κ2) is 6.20. The number of rotatable bonds is 3. The maximum Gasteiger partial charge on any atom is 0.332 e. The standard InChI is InChI=1S/C17H13ClF2N2O2/c1-10-16(23)21(9-13-14(18)3-2-4-15(13)20)17(24)22(10)12-7-5-11(19)6-8-12/h2-8,10H,9H2,1H3/t10-/m0/s1. The van der Waals surface area contributed by atoms with E-state index < -0.39 is 29.6 Å². The van der Waals surface area contributed by atoms with E-state index in [2.05, 4.69) is 0 Å². The molecule has 0 radical (unpaired) electrons. The number of anilines is 1. The highest BCUT2D eigenvalue weighted by atomic mass is 35.5. The molecule has 1 atom stereocenters. The molecule has 2 aromatic carbocycles. The monoisotopic (exact) mass is 350 g/mol. The van der Waals surface area contributed by atoms with Crippen molar-refractivity contribution >= 4 is 29.2 Å². The Balaban J connectivity index is 1.92. The second-order valence-electron chi connectivity index (χ2n) is 5.43. The summed E-state index contributed by atoms with van der Waals surface area (Å²) in [5.41, 5.74) is 0.471. The van der Waals surface area contributed by atoms with Gasteiger partial charge in [-0.25, -0.2) is 13.6 Å². The topological polar surface area (TPSA) is 40.6 Å². The molecule has 0 N–H and O–H groups in total. The first-order valence-corrected chi connectivity index (χ1v) is 7.61. The van der Waals surface area contributed by atoms with Gasteiger partial charge in [0.15, 0.2) is 0 Å². The third-order valence-electron chi connectivity index (χ3n) is 3.93. The number of hydrogen-bond acceptors (Lipinski definition) is 2. The van der Waals surface area contributed by atoms with Gasteiger partial charge in [0.25, 0.3) is 5.91 Å². The van der Waals surface area contributed by atoms with Crippen LogP contribution in [0.2, 0.25) is 5.02 Å². The van der Waals surface area contributed by atoms with E-state index in [1.54, 1.807) is 6.92 Å². The van der Waals surface area contributed by atoms with Crippen molar-refractivity contribution in [2.24, 2.45) is 0 Å². The van der Waals surface area contributed by atoms with Gasteiger partial charge in [0.05, 0.1) is 6.54 Å². The molecule has 124 valence electrons. The van der Waals surface area contributed by atoms with Gasteiger partial charge in [0.1, 0.15) is 17.7 Å². The van der Waals surface area contributed by atoms with Gasteiger partial charge in [-0.2, -0.15) is 0 Å². The fraction of sp³-hybridized carbons (Fsp3) is 0.176. The van der Waals surface area contributed by atoms with E-state index in [-0.39, 0.29) is 17.1 Å². The fourth-order valence-electron chi connectivity index (χ4n) is 2.65. The minimum atomic E-state index is -0.770. The maximum absolute atomic E-state index is 13.9. The highest BCUT2D eigenvalue weighted by Gasteiger charge is 2.43. The molecule has 0 unspecified atom stereocenters. The summed E-state index contributed by atoms with van der Waals surface area (Å²) in [6, 6.07) is 8.02. The highest BCUT2D eigenvalue weighted by Crippen LogP contribution is 2.29. The van der Waals surface area contributed by atoms with Gasteiger partial charge in [-0.05, 0) is 43.3 Å². The third kappa shape index (κ3) is 2.73. The summed E-state index contributed by atoms with van der Waals surface area (Å²) < 4.78 is 27.0. The van der Waals surface area contributed by atoms with Crippen molar-refractivity contribution in [1.29, 1.82) is 0 Å². The van der Waals surface area contributed by atoms with E-state index in [1.807, 2.05) is 0 Å². The van der Waals surface area contributed by atoms with Crippen LogP contribution in [0.3, 0.4) is 0 Å². The number of nitrogens with zero attached hydrogens (tertiary/aromatic N) is 2. The van der Waals surface area contributed by atoms with Gasteiger partial charge < -0.3 is 0 Å². The lowest BCUT2D eigenvalue weighted by atomic mass is 10.2. The van der Waals surface area contributed by atoms with Gasteiger partial charge >= 0.3 is 6.03 Å². The van der Waals surface area contributed by atoms with E-state index in [1.165, 1.54) is 47.4 Å². The average Bonchev–Trinajstić information content (AvgIpc) is 2.75. The van der Waals surface area contributed by atoms with Crippen molar-refractivity contribution in [3.63, 3.8) is 0 Å². The predicted molar refractivity (Wildman–Crippen MR) is 85.7 cm³/mol. The molecule has 4 nitrogen and oxygen atoms in total. The number of halogens is 3. The minimum absolute atomic E-state index is 0.0778. The number of benzene rings is 2. The Hall–Kier alpha value is -2.47. The zero-order valence-corrected chi connectivity index (χ0v) is 13.4. The molecule has 24 heavy (non-hydrogen) atoms. The van der Waals surface area contributed by atoms with Crippen LogP contribution in [0.4, 0.5) is 19.3 Å². The number of hydrogen-bond donors (Lipinski definition) is 0. The van der Waals surface area contributed by atoms with Crippen molar-refractivity contribution in [1.82, 2.24) is 4.90 Å². The maximum atomic E-state index is 13.9. The molecule has 0 spiro atoms. The largest absolute Gasteiger partial charge is 0.332 e. The Bertz CT molecular complexity index is 790. The van der Waals surface area contributed by atoms with Crippen LogP contribution in [0.25, 0.3) is 0 Å². The Labute approximate surface area is 142 Å². The minimum Gasteiger partial charge on any atom is -0.282 e. The molecule has 7 heteroatoms. The SMILES string of the molecule is C[C@H]1C(=O)N(Cc2c(F)cccc2Cl)C(=O)N1c1ccc(F)cc1. The molecule has 3 amide bonds. The molecule has 1 heterocycles. The Morgan fingerprint density at radius 3 is 2.38 bits per heavy atom. The van der Waals surface area contributed by atoms with Gasteiger partial charge in [-0.15, -0.1) is 0 Å². The van der Waals surface area contributed by atoms with Crippen molar-refractivity contribution in [3.8, 4) is 0 Å². The molecule has 0 saturated carbocycles. The van der Waals surface area contributed by atoms with Crippen LogP contribution in [0, 0.1) is 11.6 Å². The lowest BCUT2D eigenvalue weighted by Gasteiger charge is -2.19. The van der Waals surface area contributed by atoms with E-state index in [4.69, 9.17) is 11.6 Å². The Kier molecular flexibility index (Phi) is 4.24. The zero-order valence-electron chi connectivity index (χ0n) is 12.7. The molecular weight excluding hydrogens is 338 g/mol. The molecule has 1 aliphatic rings. The summed E-state index contributed by atoms with van der Waals surface area (Å²) >= 11 is 5.97. The van der Waals surface area contributed by atoms with Crippen molar-refractivity contribution in [3.05, 3.63) is 64.7 Å². The van der Waals surface area contributed by atoms with Crippen molar-refractivity contribution < 1.29 is 18.4 Å². The van der Waals surface area contributed by atoms with Gasteiger partial charge in [-0.1, -0.05) is 17.7 Å². The fourth-order valence-corrected chi connectivity index (χ4v) is 2.87. The molecule has 0 aromatic heterocycles. The number of urea groups is 1. The Morgan fingerprint density at radius 1 is 1.08 bits per heavy atom. The number of amides is 3. The van der Waals surface area contributed by atoms with Crippen LogP contribution in [0.5, 0.6) is 0 Å². The lowest BCUT2D eigenvalue weighted by Crippen LogP contribution is -2.33. The van der Waals surface area contributed by atoms with E-state index in [9.17, 15) is 18.4 Å². The summed E-state index contributed by atoms with van der Waals surface area (Å²) in [5.74, 6) is -1.50. The number of carbonyl (C=O) groups is 2. The molecular formula is C17H13ClF2N2O2. The summed E-state index contributed by atoms with van der Waals surface area (Å²) in [5, 5.41) is 0.142. The van der Waals surface area contributed by atoms with Crippen LogP contribution in [0.1, 0.15) is 12.5 Å². The molecule has 2 aromatic rings. The number of carbonyl (C=O) groups excluding carboxylic acids is 2. The van der Waals surface area contributed by atoms with Gasteiger partial charge in [0, 0.05) is 16.3 Å². The first-order valence-electron chi connectivity index (χ1n) is 7.23. The van der Waals surface area contributed by atoms with Crippen LogP contribution in [-0.2, 0) is 11.3 Å². The quantitative estimate of drug-likeness (QED) is 0.786. The highest BCUT2D eigenvalue weighted by molar-refractivity contribution is 6.31. The summed E-state index contributed by atoms with van der Waals surface area (Å²) in [7, 11) is 0. The Morgan fingerprint density at radius 2 is 1.75 bits per heavy atom. The molecule has 1 fully saturated rings. The molecule has 0 bridgehead atoms. The van der Waals surface area contributed by atoms with Crippen LogP contribution in [0.15, 0.2) is 42.5 Å². The van der Waals surface area contributed by atoms with Crippen molar-refractivity contribution in [2.45, 2.75) is 19.5 Å². The van der Waals surface area contributed by atoms with Gasteiger partial charge in [0.2, 0.25) is 0 Å². The van der Waals surface area contributed by atoms with E-state index in [0.717, 1.165) is 4.90 Å². The summed E-state index contributed by atoms with van der Waals surface area (Å²) in [6.07, 6.45) is 0. The average molecular weight is 351 g/mol. The third-order valence-corrected chi connectivity index (χ3v) is 4.28. The molecule has 3 rings (SSSR count). The molecule has 1 saturated heterocycles. The van der Waals surface area contributed by atoms with Crippen LogP contribution in [-0.4, -0.2) is 22.9 Å². The van der Waals surface area contributed by atoms with Gasteiger partial charge in [-0.3, -0.25) is 14.6 Å². The normalized spacial score (nSPS) is 17.8. The summed E-state index contributed by atoms with van der Waals surface area (Å²) in [6.45, 7) is 1.30. The zero-order chi connectivity index (χ0) is 17.4. The van der Waals surface area contributed by atoms with Crippen molar-refractivity contribution in [2.75, 3.05) is 4.90 Å². The van der Waals surface area contributed by atoms with E-state index >= 15 is 0 Å². The van der Waals surface area contributed by atoms with Crippen LogP contribution < -0.4 is 4.90 Å². The smallest absolute Gasteiger partial charge is 0.282 e. The second-order valence-corrected chi connectivity index (χ2v) is 5.84. The number of imide groups is 1. The van der Waals surface area contributed by atoms with E-state index in [0.29, 0.717) is 5.69 Å². The lowest BCUT2D eigenvalue weighted by molar-refractivity contribution is -0.127. The first-order chi connectivity index (χ1) is 11.4. The summed E-state index contributed by atoms with van der Waals surface area (Å²) in [4.78, 5) is 27.2.